The highest BCUT2D eigenvalue weighted by molar-refractivity contribution is 5.39. The average Bonchev–Trinajstić information content (AvgIpc) is 1.85. The van der Waals surface area contributed by atoms with E-state index in [9.17, 15) is 13.2 Å². The van der Waals surface area contributed by atoms with Crippen molar-refractivity contribution in [1.29, 1.82) is 0 Å². The van der Waals surface area contributed by atoms with Gasteiger partial charge in [0.25, 0.3) is 6.43 Å². The summed E-state index contributed by atoms with van der Waals surface area (Å²) < 4.78 is 36.0. The molecule has 5 heteroatoms. The van der Waals surface area contributed by atoms with Crippen molar-refractivity contribution in [1.82, 2.24) is 4.98 Å². The van der Waals surface area contributed by atoms with E-state index in [1.54, 1.807) is 0 Å². The van der Waals surface area contributed by atoms with E-state index in [-0.39, 0.29) is 0 Å². The molecule has 2 N–H and O–H groups in total. The van der Waals surface area contributed by atoms with Crippen LogP contribution in [-0.4, -0.2) is 4.98 Å². The van der Waals surface area contributed by atoms with Crippen molar-refractivity contribution >= 4 is 5.82 Å². The van der Waals surface area contributed by atoms with E-state index in [1.165, 1.54) is 0 Å². The van der Waals surface area contributed by atoms with E-state index >= 15 is 0 Å². The van der Waals surface area contributed by atoms with Crippen LogP contribution in [0.1, 0.15) is 12.0 Å². The van der Waals surface area contributed by atoms with Gasteiger partial charge in [-0.05, 0) is 12.1 Å². The zero-order chi connectivity index (χ0) is 8.43. The fourth-order valence-corrected chi connectivity index (χ4v) is 0.645. The molecule has 0 amide bonds. The molecule has 0 atom stereocenters. The second kappa shape index (κ2) is 2.77. The molecule has 0 saturated heterocycles. The zero-order valence-electron chi connectivity index (χ0n) is 5.39. The molecule has 0 aliphatic carbocycles. The standard InChI is InChI=1S/C6H5F3N2/c7-4-2-1-3(5(8)9)6(10)11-4/h1-2,5H,(H2,10,11). The predicted octanol–water partition coefficient (Wildman–Crippen LogP) is 1.74. The summed E-state index contributed by atoms with van der Waals surface area (Å²) in [6.07, 6.45) is -2.71. The third kappa shape index (κ3) is 1.60. The zero-order valence-corrected chi connectivity index (χ0v) is 5.39. The summed E-state index contributed by atoms with van der Waals surface area (Å²) in [6, 6.07) is 1.76. The van der Waals surface area contributed by atoms with E-state index in [0.717, 1.165) is 12.1 Å². The largest absolute Gasteiger partial charge is 0.383 e. The number of halogens is 3. The van der Waals surface area contributed by atoms with Gasteiger partial charge in [0.15, 0.2) is 0 Å². The van der Waals surface area contributed by atoms with Crippen molar-refractivity contribution in [2.75, 3.05) is 5.73 Å². The summed E-state index contributed by atoms with van der Waals surface area (Å²) in [7, 11) is 0. The monoisotopic (exact) mass is 162 g/mol. The lowest BCUT2D eigenvalue weighted by Gasteiger charge is -2.01. The summed E-state index contributed by atoms with van der Waals surface area (Å²) >= 11 is 0. The number of hydrogen-bond acceptors (Lipinski definition) is 2. The number of alkyl halides is 2. The lowest BCUT2D eigenvalue weighted by molar-refractivity contribution is 0.151. The molecule has 1 heterocycles. The Kier molecular flexibility index (Phi) is 1.98. The maximum Gasteiger partial charge on any atom is 0.267 e. The molecule has 0 aromatic carbocycles. The fraction of sp³-hybridized carbons (Fsp3) is 0.167. The van der Waals surface area contributed by atoms with Crippen molar-refractivity contribution in [2.24, 2.45) is 0 Å². The van der Waals surface area contributed by atoms with Crippen LogP contribution in [0.5, 0.6) is 0 Å². The highest BCUT2D eigenvalue weighted by Crippen LogP contribution is 2.22. The van der Waals surface area contributed by atoms with Gasteiger partial charge < -0.3 is 5.73 Å². The Balaban J connectivity index is 3.09. The van der Waals surface area contributed by atoms with Gasteiger partial charge in [-0.15, -0.1) is 0 Å². The first-order chi connectivity index (χ1) is 5.11. The van der Waals surface area contributed by atoms with Gasteiger partial charge in [-0.3, -0.25) is 0 Å². The van der Waals surface area contributed by atoms with Gasteiger partial charge in [-0.25, -0.2) is 13.8 Å². The minimum atomic E-state index is -2.71. The minimum Gasteiger partial charge on any atom is -0.383 e. The summed E-state index contributed by atoms with van der Waals surface area (Å²) in [5.74, 6) is -1.31. The molecular weight excluding hydrogens is 157 g/mol. The summed E-state index contributed by atoms with van der Waals surface area (Å²) in [5, 5.41) is 0. The Morgan fingerprint density at radius 2 is 2.00 bits per heavy atom. The molecule has 0 aliphatic rings. The van der Waals surface area contributed by atoms with Crippen LogP contribution in [0.25, 0.3) is 0 Å². The summed E-state index contributed by atoms with van der Waals surface area (Å²) in [6.45, 7) is 0. The van der Waals surface area contributed by atoms with E-state index in [0.29, 0.717) is 0 Å². The second-order valence-electron chi connectivity index (χ2n) is 1.91. The quantitative estimate of drug-likeness (QED) is 0.639. The number of hydrogen-bond donors (Lipinski definition) is 1. The van der Waals surface area contributed by atoms with Gasteiger partial charge in [0.1, 0.15) is 5.82 Å². The Bertz CT molecular complexity index is 262. The number of aromatic nitrogens is 1. The number of anilines is 1. The normalized spacial score (nSPS) is 10.5. The molecule has 0 aliphatic heterocycles. The molecule has 0 spiro atoms. The molecule has 2 nitrogen and oxygen atoms in total. The van der Waals surface area contributed by atoms with Crippen LogP contribution < -0.4 is 5.73 Å². The van der Waals surface area contributed by atoms with Crippen LogP contribution in [0.2, 0.25) is 0 Å². The van der Waals surface area contributed by atoms with Crippen molar-refractivity contribution < 1.29 is 13.2 Å². The summed E-state index contributed by atoms with van der Waals surface area (Å²) in [5.41, 5.74) is 4.55. The first-order valence-electron chi connectivity index (χ1n) is 2.81. The smallest absolute Gasteiger partial charge is 0.267 e. The van der Waals surface area contributed by atoms with Crippen LogP contribution in [0.3, 0.4) is 0 Å². The second-order valence-corrected chi connectivity index (χ2v) is 1.91. The summed E-state index contributed by atoms with van der Waals surface area (Å²) in [4.78, 5) is 3.03. The molecule has 0 radical (unpaired) electrons. The van der Waals surface area contributed by atoms with Crippen LogP contribution in [0.15, 0.2) is 12.1 Å². The fourth-order valence-electron chi connectivity index (χ4n) is 0.645. The predicted molar refractivity (Wildman–Crippen MR) is 33.6 cm³/mol. The van der Waals surface area contributed by atoms with E-state index in [1.807, 2.05) is 0 Å². The molecule has 0 bridgehead atoms. The minimum absolute atomic E-state index is 0.439. The molecule has 0 saturated carbocycles. The van der Waals surface area contributed by atoms with Crippen molar-refractivity contribution in [3.63, 3.8) is 0 Å². The highest BCUT2D eigenvalue weighted by Gasteiger charge is 2.11. The topological polar surface area (TPSA) is 38.9 Å². The molecule has 0 unspecified atom stereocenters. The SMILES string of the molecule is Nc1nc(F)ccc1C(F)F. The molecule has 1 aromatic rings. The number of rotatable bonds is 1. The molecule has 11 heavy (non-hydrogen) atoms. The molecule has 60 valence electrons. The average molecular weight is 162 g/mol. The first-order valence-corrected chi connectivity index (χ1v) is 2.81. The van der Waals surface area contributed by atoms with E-state index in [4.69, 9.17) is 5.73 Å². The van der Waals surface area contributed by atoms with Crippen LogP contribution >= 0.6 is 0 Å². The van der Waals surface area contributed by atoms with Crippen molar-refractivity contribution in [3.05, 3.63) is 23.6 Å². The lowest BCUT2D eigenvalue weighted by Crippen LogP contribution is -1.99. The van der Waals surface area contributed by atoms with E-state index < -0.39 is 23.8 Å². The Labute approximate surface area is 60.9 Å². The third-order valence-electron chi connectivity index (χ3n) is 1.16. The van der Waals surface area contributed by atoms with E-state index in [2.05, 4.69) is 4.98 Å². The van der Waals surface area contributed by atoms with Gasteiger partial charge in [0.2, 0.25) is 5.95 Å². The van der Waals surface area contributed by atoms with Gasteiger partial charge in [0, 0.05) is 0 Å². The van der Waals surface area contributed by atoms with Gasteiger partial charge in [-0.1, -0.05) is 0 Å². The molecule has 1 aromatic heterocycles. The van der Waals surface area contributed by atoms with Gasteiger partial charge in [-0.2, -0.15) is 4.39 Å². The van der Waals surface area contributed by atoms with Crippen LogP contribution in [0.4, 0.5) is 19.0 Å². The Morgan fingerprint density at radius 1 is 1.36 bits per heavy atom. The van der Waals surface area contributed by atoms with Crippen molar-refractivity contribution in [3.8, 4) is 0 Å². The Hall–Kier alpha value is -1.26. The van der Waals surface area contributed by atoms with Gasteiger partial charge >= 0.3 is 0 Å². The third-order valence-corrected chi connectivity index (χ3v) is 1.16. The van der Waals surface area contributed by atoms with Gasteiger partial charge in [0.05, 0.1) is 5.56 Å². The maximum absolute atomic E-state index is 12.2. The maximum atomic E-state index is 12.2. The Morgan fingerprint density at radius 3 is 2.45 bits per heavy atom. The molecular formula is C6H5F3N2. The number of nitrogen functional groups attached to an aromatic ring is 1. The van der Waals surface area contributed by atoms with Crippen LogP contribution in [0, 0.1) is 5.95 Å². The molecule has 0 fully saturated rings. The number of nitrogens with zero attached hydrogens (tertiary/aromatic N) is 1. The van der Waals surface area contributed by atoms with Crippen molar-refractivity contribution in [2.45, 2.75) is 6.43 Å². The highest BCUT2D eigenvalue weighted by atomic mass is 19.3. The number of nitrogens with two attached hydrogens (primary N) is 1. The lowest BCUT2D eigenvalue weighted by atomic mass is 10.3. The first kappa shape index (κ1) is 7.84. The molecule has 1 rings (SSSR count). The number of pyridine rings is 1. The van der Waals surface area contributed by atoms with Crippen LogP contribution in [-0.2, 0) is 0 Å².